The molecule has 1 saturated carbocycles. The summed E-state index contributed by atoms with van der Waals surface area (Å²) in [5.74, 6) is 0.397. The third-order valence-corrected chi connectivity index (χ3v) is 3.28. The summed E-state index contributed by atoms with van der Waals surface area (Å²) in [5, 5.41) is 0. The summed E-state index contributed by atoms with van der Waals surface area (Å²) in [6.45, 7) is 3.76. The van der Waals surface area contributed by atoms with E-state index < -0.39 is 11.7 Å². The van der Waals surface area contributed by atoms with E-state index in [0.29, 0.717) is 11.3 Å². The van der Waals surface area contributed by atoms with Gasteiger partial charge in [0.25, 0.3) is 0 Å². The fourth-order valence-electron chi connectivity index (χ4n) is 1.87. The summed E-state index contributed by atoms with van der Waals surface area (Å²) in [7, 11) is 0. The molecular weight excluding hydrogens is 241 g/mol. The summed E-state index contributed by atoms with van der Waals surface area (Å²) in [6, 6.07) is 4.03. The first-order valence-electron chi connectivity index (χ1n) is 6.25. The molecule has 0 spiro atoms. The van der Waals surface area contributed by atoms with Gasteiger partial charge in [-0.25, -0.2) is 0 Å². The molecule has 0 heterocycles. The summed E-state index contributed by atoms with van der Waals surface area (Å²) < 4.78 is 43.9. The lowest BCUT2D eigenvalue weighted by atomic mass is 9.95. The quantitative estimate of drug-likeness (QED) is 0.759. The maximum Gasteiger partial charge on any atom is 0.416 e. The zero-order valence-corrected chi connectivity index (χ0v) is 10.6. The van der Waals surface area contributed by atoms with Crippen LogP contribution in [0.4, 0.5) is 13.2 Å². The molecule has 1 aliphatic carbocycles. The van der Waals surface area contributed by atoms with E-state index in [1.807, 2.05) is 13.8 Å². The third-order valence-electron chi connectivity index (χ3n) is 3.28. The van der Waals surface area contributed by atoms with Gasteiger partial charge in [0.15, 0.2) is 0 Å². The van der Waals surface area contributed by atoms with Crippen LogP contribution in [0.25, 0.3) is 0 Å². The van der Waals surface area contributed by atoms with Crippen LogP contribution >= 0.6 is 0 Å². The lowest BCUT2D eigenvalue weighted by molar-refractivity contribution is -0.137. The standard InChI is InChI=1S/C14H17F3O/c1-9(2)10-6-11(14(15,16)17)8-13(7-10)18-12-4-3-5-12/h6-9,12H,3-5H2,1-2H3. The molecule has 1 aromatic carbocycles. The SMILES string of the molecule is CC(C)c1cc(OC2CCC2)cc(C(F)(F)F)c1. The molecule has 18 heavy (non-hydrogen) atoms. The number of alkyl halides is 3. The van der Waals surface area contributed by atoms with Crippen molar-refractivity contribution in [3.05, 3.63) is 29.3 Å². The van der Waals surface area contributed by atoms with Gasteiger partial charge in [0.1, 0.15) is 5.75 Å². The normalized spacial score (nSPS) is 16.8. The minimum absolute atomic E-state index is 0.0519. The van der Waals surface area contributed by atoms with Gasteiger partial charge in [0, 0.05) is 0 Å². The molecule has 2 rings (SSSR count). The Balaban J connectivity index is 2.29. The Morgan fingerprint density at radius 2 is 1.83 bits per heavy atom. The van der Waals surface area contributed by atoms with Gasteiger partial charge >= 0.3 is 6.18 Å². The van der Waals surface area contributed by atoms with Gasteiger partial charge in [-0.3, -0.25) is 0 Å². The summed E-state index contributed by atoms with van der Waals surface area (Å²) in [4.78, 5) is 0. The van der Waals surface area contributed by atoms with Gasteiger partial charge in [-0.05, 0) is 48.9 Å². The Labute approximate surface area is 105 Å². The molecule has 0 aromatic heterocycles. The second kappa shape index (κ2) is 4.82. The van der Waals surface area contributed by atoms with Crippen LogP contribution in [-0.2, 0) is 6.18 Å². The van der Waals surface area contributed by atoms with E-state index in [4.69, 9.17) is 4.74 Å². The van der Waals surface area contributed by atoms with Crippen molar-refractivity contribution >= 4 is 0 Å². The lowest BCUT2D eigenvalue weighted by Crippen LogP contribution is -2.24. The smallest absolute Gasteiger partial charge is 0.416 e. The largest absolute Gasteiger partial charge is 0.490 e. The highest BCUT2D eigenvalue weighted by Crippen LogP contribution is 2.35. The van der Waals surface area contributed by atoms with Crippen molar-refractivity contribution < 1.29 is 17.9 Å². The molecule has 0 bridgehead atoms. The zero-order valence-electron chi connectivity index (χ0n) is 10.6. The van der Waals surface area contributed by atoms with Crippen molar-refractivity contribution in [3.63, 3.8) is 0 Å². The molecule has 0 unspecified atom stereocenters. The highest BCUT2D eigenvalue weighted by Gasteiger charge is 2.32. The fourth-order valence-corrected chi connectivity index (χ4v) is 1.87. The van der Waals surface area contributed by atoms with Crippen LogP contribution in [0, 0.1) is 0 Å². The molecule has 0 atom stereocenters. The first kappa shape index (κ1) is 13.2. The van der Waals surface area contributed by atoms with Crippen LogP contribution < -0.4 is 4.74 Å². The molecule has 0 amide bonds. The van der Waals surface area contributed by atoms with Crippen molar-refractivity contribution in [2.75, 3.05) is 0 Å². The predicted octanol–water partition coefficient (Wildman–Crippen LogP) is 4.76. The molecule has 1 aliphatic rings. The number of hydrogen-bond acceptors (Lipinski definition) is 1. The van der Waals surface area contributed by atoms with Gasteiger partial charge in [0.2, 0.25) is 0 Å². The first-order valence-corrected chi connectivity index (χ1v) is 6.25. The number of hydrogen-bond donors (Lipinski definition) is 0. The summed E-state index contributed by atoms with van der Waals surface area (Å²) in [6.07, 6.45) is -1.25. The van der Waals surface area contributed by atoms with Crippen molar-refractivity contribution in [1.82, 2.24) is 0 Å². The van der Waals surface area contributed by atoms with E-state index in [9.17, 15) is 13.2 Å². The van der Waals surface area contributed by atoms with E-state index >= 15 is 0 Å². The Bertz CT molecular complexity index is 420. The molecule has 0 saturated heterocycles. The topological polar surface area (TPSA) is 9.23 Å². The number of benzene rings is 1. The molecule has 0 radical (unpaired) electrons. The van der Waals surface area contributed by atoms with E-state index in [1.165, 1.54) is 6.07 Å². The molecule has 1 nitrogen and oxygen atoms in total. The minimum atomic E-state index is -4.32. The molecular formula is C14H17F3O. The Morgan fingerprint density at radius 3 is 2.28 bits per heavy atom. The Kier molecular flexibility index (Phi) is 3.55. The van der Waals surface area contributed by atoms with Crippen LogP contribution in [-0.4, -0.2) is 6.10 Å². The Morgan fingerprint density at radius 1 is 1.17 bits per heavy atom. The summed E-state index contributed by atoms with van der Waals surface area (Å²) >= 11 is 0. The maximum absolute atomic E-state index is 12.8. The van der Waals surface area contributed by atoms with Gasteiger partial charge < -0.3 is 4.74 Å². The van der Waals surface area contributed by atoms with Crippen LogP contribution in [0.2, 0.25) is 0 Å². The molecule has 0 N–H and O–H groups in total. The zero-order chi connectivity index (χ0) is 13.3. The van der Waals surface area contributed by atoms with Gasteiger partial charge in [-0.2, -0.15) is 13.2 Å². The van der Waals surface area contributed by atoms with E-state index in [0.717, 1.165) is 25.3 Å². The van der Waals surface area contributed by atoms with E-state index in [1.54, 1.807) is 6.07 Å². The highest BCUT2D eigenvalue weighted by molar-refractivity contribution is 5.37. The van der Waals surface area contributed by atoms with Crippen molar-refractivity contribution in [3.8, 4) is 5.75 Å². The number of rotatable bonds is 3. The van der Waals surface area contributed by atoms with Crippen LogP contribution in [0.5, 0.6) is 5.75 Å². The lowest BCUT2D eigenvalue weighted by Gasteiger charge is -2.27. The van der Waals surface area contributed by atoms with Crippen molar-refractivity contribution in [2.45, 2.75) is 51.3 Å². The second-order valence-corrected chi connectivity index (χ2v) is 5.11. The molecule has 1 aromatic rings. The van der Waals surface area contributed by atoms with Crippen LogP contribution in [0.1, 0.15) is 50.2 Å². The first-order chi connectivity index (χ1) is 8.36. The maximum atomic E-state index is 12.8. The number of ether oxygens (including phenoxy) is 1. The molecule has 100 valence electrons. The third kappa shape index (κ3) is 2.98. The minimum Gasteiger partial charge on any atom is -0.490 e. The predicted molar refractivity (Wildman–Crippen MR) is 63.8 cm³/mol. The van der Waals surface area contributed by atoms with Gasteiger partial charge in [-0.1, -0.05) is 13.8 Å². The molecule has 4 heteroatoms. The summed E-state index contributed by atoms with van der Waals surface area (Å²) in [5.41, 5.74) is 0.0437. The van der Waals surface area contributed by atoms with Crippen molar-refractivity contribution in [2.24, 2.45) is 0 Å². The number of halogens is 3. The molecule has 1 fully saturated rings. The van der Waals surface area contributed by atoms with Gasteiger partial charge in [0.05, 0.1) is 11.7 Å². The molecule has 0 aliphatic heterocycles. The second-order valence-electron chi connectivity index (χ2n) is 5.11. The fraction of sp³-hybridized carbons (Fsp3) is 0.571. The highest BCUT2D eigenvalue weighted by atomic mass is 19.4. The average molecular weight is 258 g/mol. The van der Waals surface area contributed by atoms with Crippen LogP contribution in [0.15, 0.2) is 18.2 Å². The Hall–Kier alpha value is -1.19. The van der Waals surface area contributed by atoms with Crippen molar-refractivity contribution in [1.29, 1.82) is 0 Å². The van der Waals surface area contributed by atoms with Gasteiger partial charge in [-0.15, -0.1) is 0 Å². The van der Waals surface area contributed by atoms with E-state index in [-0.39, 0.29) is 12.0 Å². The average Bonchev–Trinajstić information content (AvgIpc) is 2.22. The monoisotopic (exact) mass is 258 g/mol. The van der Waals surface area contributed by atoms with E-state index in [2.05, 4.69) is 0 Å². The van der Waals surface area contributed by atoms with Crippen LogP contribution in [0.3, 0.4) is 0 Å².